The number of fused-ring (bicyclic) bond motifs is 1. The van der Waals surface area contributed by atoms with Crippen molar-refractivity contribution in [1.29, 1.82) is 0 Å². The van der Waals surface area contributed by atoms with Gasteiger partial charge in [-0.2, -0.15) is 4.52 Å². The Kier molecular flexibility index (Phi) is 2.07. The zero-order chi connectivity index (χ0) is 11.1. The normalized spacial score (nSPS) is 12.1. The van der Waals surface area contributed by atoms with E-state index >= 15 is 0 Å². The Morgan fingerprint density at radius 1 is 1.53 bits per heavy atom. The maximum atomic E-state index is 11.4. The molecule has 0 aromatic carbocycles. The molecule has 0 spiro atoms. The molecule has 2 heterocycles. The Morgan fingerprint density at radius 2 is 2.27 bits per heavy atom. The standard InChI is InChI=1S/C7H8N4O3S/c1-15(13,14)3-5-2-6(12)11-7(10-5)8-4-9-11/h2,4H,3H2,1H3,(H,8,9,10). The summed E-state index contributed by atoms with van der Waals surface area (Å²) in [6.07, 6.45) is 2.40. The summed E-state index contributed by atoms with van der Waals surface area (Å²) in [5, 5.41) is 2.56. The third kappa shape index (κ3) is 2.04. The van der Waals surface area contributed by atoms with E-state index in [0.717, 1.165) is 10.8 Å². The zero-order valence-corrected chi connectivity index (χ0v) is 8.65. The van der Waals surface area contributed by atoms with E-state index in [9.17, 15) is 13.2 Å². The fourth-order valence-electron chi connectivity index (χ4n) is 1.21. The quantitative estimate of drug-likeness (QED) is 0.708. The van der Waals surface area contributed by atoms with Crippen LogP contribution >= 0.6 is 0 Å². The zero-order valence-electron chi connectivity index (χ0n) is 7.84. The fourth-order valence-corrected chi connectivity index (χ4v) is 1.90. The lowest BCUT2D eigenvalue weighted by Gasteiger charge is -1.97. The summed E-state index contributed by atoms with van der Waals surface area (Å²) in [4.78, 5) is 19.1. The Balaban J connectivity index is 2.59. The first kappa shape index (κ1) is 9.84. The van der Waals surface area contributed by atoms with Gasteiger partial charge in [0.25, 0.3) is 11.3 Å². The maximum absolute atomic E-state index is 11.4. The van der Waals surface area contributed by atoms with E-state index in [4.69, 9.17) is 0 Å². The number of hydrogen-bond acceptors (Lipinski definition) is 5. The monoisotopic (exact) mass is 228 g/mol. The van der Waals surface area contributed by atoms with Crippen LogP contribution in [-0.2, 0) is 15.6 Å². The summed E-state index contributed by atoms with van der Waals surface area (Å²) in [6, 6.07) is 1.17. The molecule has 0 saturated heterocycles. The van der Waals surface area contributed by atoms with Crippen LogP contribution in [0.2, 0.25) is 0 Å². The van der Waals surface area contributed by atoms with Gasteiger partial charge >= 0.3 is 0 Å². The van der Waals surface area contributed by atoms with E-state index in [-0.39, 0.29) is 22.8 Å². The Labute approximate surface area is 84.7 Å². The minimum absolute atomic E-state index is 0.168. The average Bonchev–Trinajstić information content (AvgIpc) is 2.48. The van der Waals surface area contributed by atoms with Gasteiger partial charge in [0.15, 0.2) is 9.84 Å². The molecule has 2 aromatic heterocycles. The highest BCUT2D eigenvalue weighted by Crippen LogP contribution is 1.99. The Hall–Kier alpha value is -1.70. The van der Waals surface area contributed by atoms with E-state index in [0.29, 0.717) is 0 Å². The average molecular weight is 228 g/mol. The highest BCUT2D eigenvalue weighted by atomic mass is 32.2. The van der Waals surface area contributed by atoms with E-state index in [2.05, 4.69) is 15.1 Å². The van der Waals surface area contributed by atoms with Crippen LogP contribution in [0.5, 0.6) is 0 Å². The summed E-state index contributed by atoms with van der Waals surface area (Å²) in [5.41, 5.74) is -0.175. The number of H-pyrrole nitrogens is 1. The molecule has 7 nitrogen and oxygen atoms in total. The molecule has 0 aliphatic rings. The second kappa shape index (κ2) is 3.16. The second-order valence-corrected chi connectivity index (χ2v) is 5.32. The van der Waals surface area contributed by atoms with Crippen molar-refractivity contribution in [2.45, 2.75) is 5.75 Å². The number of nitrogens with zero attached hydrogens (tertiary/aromatic N) is 3. The molecule has 0 radical (unpaired) electrons. The summed E-state index contributed by atoms with van der Waals surface area (Å²) < 4.78 is 23.1. The molecule has 80 valence electrons. The van der Waals surface area contributed by atoms with E-state index in [1.807, 2.05) is 0 Å². The largest absolute Gasteiger partial charge is 0.278 e. The molecule has 0 unspecified atom stereocenters. The van der Waals surface area contributed by atoms with Gasteiger partial charge in [0.1, 0.15) is 6.33 Å². The van der Waals surface area contributed by atoms with Crippen LogP contribution in [0.4, 0.5) is 0 Å². The van der Waals surface area contributed by atoms with Gasteiger partial charge in [0, 0.05) is 12.3 Å². The topological polar surface area (TPSA) is 97.2 Å². The van der Waals surface area contributed by atoms with Crippen LogP contribution in [0, 0.1) is 0 Å². The van der Waals surface area contributed by atoms with E-state index < -0.39 is 9.84 Å². The van der Waals surface area contributed by atoms with Crippen molar-refractivity contribution in [2.24, 2.45) is 0 Å². The minimum atomic E-state index is -3.19. The second-order valence-electron chi connectivity index (χ2n) is 3.18. The molecule has 1 N–H and O–H groups in total. The number of hydrogen-bond donors (Lipinski definition) is 1. The number of sulfone groups is 1. The highest BCUT2D eigenvalue weighted by molar-refractivity contribution is 7.89. The number of rotatable bonds is 2. The van der Waals surface area contributed by atoms with Gasteiger partial charge in [-0.05, 0) is 0 Å². The molecule has 0 bridgehead atoms. The maximum Gasteiger partial charge on any atom is 0.274 e. The summed E-state index contributed by atoms with van der Waals surface area (Å²) in [6.45, 7) is 0. The number of aromatic nitrogens is 4. The molecule has 2 aromatic rings. The van der Waals surface area contributed by atoms with Gasteiger partial charge in [-0.25, -0.2) is 18.4 Å². The Morgan fingerprint density at radius 3 is 2.93 bits per heavy atom. The van der Waals surface area contributed by atoms with E-state index in [1.54, 1.807) is 0 Å². The molecule has 2 rings (SSSR count). The third-order valence-electron chi connectivity index (χ3n) is 1.73. The predicted octanol–water partition coefficient (Wildman–Crippen LogP) is -1.04. The van der Waals surface area contributed by atoms with Crippen LogP contribution in [0.1, 0.15) is 5.69 Å². The molecular weight excluding hydrogens is 220 g/mol. The van der Waals surface area contributed by atoms with Crippen molar-refractivity contribution in [1.82, 2.24) is 19.6 Å². The lowest BCUT2D eigenvalue weighted by atomic mass is 10.4. The SMILES string of the molecule is CS(=O)(=O)Cc1cc(=O)n2[nH]cnc2n1. The van der Waals surface area contributed by atoms with Crippen LogP contribution in [-0.4, -0.2) is 34.3 Å². The van der Waals surface area contributed by atoms with Crippen LogP contribution in [0.15, 0.2) is 17.2 Å². The number of aromatic amines is 1. The summed E-state index contributed by atoms with van der Waals surface area (Å²) in [5.74, 6) is -0.0906. The molecule has 0 aliphatic heterocycles. The van der Waals surface area contributed by atoms with Crippen molar-refractivity contribution in [3.8, 4) is 0 Å². The number of nitrogens with one attached hydrogen (secondary N) is 1. The smallest absolute Gasteiger partial charge is 0.274 e. The molecule has 0 fully saturated rings. The predicted molar refractivity (Wildman–Crippen MR) is 52.2 cm³/mol. The first-order chi connectivity index (χ1) is 6.96. The molecule has 0 aliphatic carbocycles. The van der Waals surface area contributed by atoms with Crippen molar-refractivity contribution >= 4 is 15.6 Å². The lowest BCUT2D eigenvalue weighted by Crippen LogP contribution is -2.17. The molecule has 0 atom stereocenters. The van der Waals surface area contributed by atoms with Crippen molar-refractivity contribution in [3.63, 3.8) is 0 Å². The van der Waals surface area contributed by atoms with Gasteiger partial charge in [-0.1, -0.05) is 0 Å². The van der Waals surface area contributed by atoms with Crippen LogP contribution in [0.25, 0.3) is 5.78 Å². The van der Waals surface area contributed by atoms with Gasteiger partial charge in [0.2, 0.25) is 0 Å². The molecule has 0 saturated carbocycles. The van der Waals surface area contributed by atoms with Crippen LogP contribution in [0.3, 0.4) is 0 Å². The fraction of sp³-hybridized carbons (Fsp3) is 0.286. The van der Waals surface area contributed by atoms with Gasteiger partial charge in [0.05, 0.1) is 11.4 Å². The minimum Gasteiger partial charge on any atom is -0.278 e. The molecular formula is C7H8N4O3S. The first-order valence-corrected chi connectivity index (χ1v) is 6.11. The van der Waals surface area contributed by atoms with Crippen molar-refractivity contribution in [3.05, 3.63) is 28.4 Å². The molecule has 8 heteroatoms. The summed E-state index contributed by atoms with van der Waals surface area (Å²) in [7, 11) is -3.19. The highest BCUT2D eigenvalue weighted by Gasteiger charge is 2.09. The third-order valence-corrected chi connectivity index (χ3v) is 2.55. The van der Waals surface area contributed by atoms with Crippen molar-refractivity contribution in [2.75, 3.05) is 6.26 Å². The van der Waals surface area contributed by atoms with Crippen molar-refractivity contribution < 1.29 is 8.42 Å². The van der Waals surface area contributed by atoms with Gasteiger partial charge in [-0.3, -0.25) is 9.89 Å². The van der Waals surface area contributed by atoms with Crippen LogP contribution < -0.4 is 5.56 Å². The first-order valence-electron chi connectivity index (χ1n) is 4.05. The van der Waals surface area contributed by atoms with Gasteiger partial charge < -0.3 is 0 Å². The lowest BCUT2D eigenvalue weighted by molar-refractivity contribution is 0.600. The van der Waals surface area contributed by atoms with E-state index in [1.165, 1.54) is 12.4 Å². The van der Waals surface area contributed by atoms with Gasteiger partial charge in [-0.15, -0.1) is 0 Å². The molecule has 15 heavy (non-hydrogen) atoms. The summed E-state index contributed by atoms with van der Waals surface area (Å²) >= 11 is 0. The Bertz CT molecular complexity index is 654. The molecule has 0 amide bonds.